The number of aromatic hydroxyl groups is 1. The molecule has 92 valence electrons. The lowest BCUT2D eigenvalue weighted by atomic mass is 10.2. The van der Waals surface area contributed by atoms with E-state index >= 15 is 0 Å². The van der Waals surface area contributed by atoms with Gasteiger partial charge in [0.05, 0.1) is 9.26 Å². The maximum Gasteiger partial charge on any atom is 0.137 e. The molecule has 0 heterocycles. The van der Waals surface area contributed by atoms with Crippen molar-refractivity contribution < 1.29 is 5.11 Å². The summed E-state index contributed by atoms with van der Waals surface area (Å²) in [6.45, 7) is 0. The summed E-state index contributed by atoms with van der Waals surface area (Å²) in [6, 6.07) is 10.5. The number of rotatable bonds is 2. The van der Waals surface area contributed by atoms with Gasteiger partial charge in [-0.25, -0.2) is 0 Å². The van der Waals surface area contributed by atoms with Crippen molar-refractivity contribution in [2.45, 2.75) is 0 Å². The van der Waals surface area contributed by atoms with E-state index in [0.717, 1.165) is 5.69 Å². The first-order chi connectivity index (χ1) is 8.56. The average Bonchev–Trinajstić information content (AvgIpc) is 2.34. The van der Waals surface area contributed by atoms with Crippen molar-refractivity contribution in [3.63, 3.8) is 0 Å². The highest BCUT2D eigenvalue weighted by Crippen LogP contribution is 2.27. The molecule has 0 aliphatic heterocycles. The van der Waals surface area contributed by atoms with Crippen LogP contribution in [0.2, 0.25) is 10.0 Å². The summed E-state index contributed by atoms with van der Waals surface area (Å²) < 4.78 is 0.692. The third kappa shape index (κ3) is 3.37. The molecule has 0 saturated heterocycles. The Morgan fingerprint density at radius 2 is 1.72 bits per heavy atom. The lowest BCUT2D eigenvalue weighted by molar-refractivity contribution is 0.470. The number of aliphatic imine (C=N–C) groups is 1. The van der Waals surface area contributed by atoms with E-state index in [2.05, 4.69) is 4.99 Å². The summed E-state index contributed by atoms with van der Waals surface area (Å²) in [4.78, 5) is 4.26. The molecular weight excluding hydrogens is 384 g/mol. The van der Waals surface area contributed by atoms with E-state index in [9.17, 15) is 5.11 Å². The fraction of sp³-hybridized carbons (Fsp3) is 0. The highest BCUT2D eigenvalue weighted by atomic mass is 127. The van der Waals surface area contributed by atoms with Gasteiger partial charge in [-0.15, -0.1) is 0 Å². The molecule has 0 amide bonds. The van der Waals surface area contributed by atoms with E-state index in [4.69, 9.17) is 23.2 Å². The zero-order valence-corrected chi connectivity index (χ0v) is 12.7. The molecule has 2 nitrogen and oxygen atoms in total. The quantitative estimate of drug-likeness (QED) is 0.563. The smallest absolute Gasteiger partial charge is 0.137 e. The Hall–Kier alpha value is -0.780. The van der Waals surface area contributed by atoms with Crippen molar-refractivity contribution in [1.82, 2.24) is 0 Å². The van der Waals surface area contributed by atoms with Crippen LogP contribution in [0.5, 0.6) is 5.75 Å². The fourth-order valence-corrected chi connectivity index (χ4v) is 2.54. The van der Waals surface area contributed by atoms with Crippen molar-refractivity contribution in [1.29, 1.82) is 0 Å². The topological polar surface area (TPSA) is 32.6 Å². The van der Waals surface area contributed by atoms with Gasteiger partial charge in [0, 0.05) is 21.8 Å². The van der Waals surface area contributed by atoms with Crippen molar-refractivity contribution in [2.75, 3.05) is 0 Å². The molecule has 0 unspecified atom stereocenters. The van der Waals surface area contributed by atoms with Gasteiger partial charge in [0.2, 0.25) is 0 Å². The largest absolute Gasteiger partial charge is 0.506 e. The van der Waals surface area contributed by atoms with Crippen molar-refractivity contribution in [3.05, 3.63) is 55.6 Å². The number of phenolic OH excluding ortho intramolecular Hbond substituents is 1. The number of nitrogens with zero attached hydrogens (tertiary/aromatic N) is 1. The van der Waals surface area contributed by atoms with Gasteiger partial charge in [-0.1, -0.05) is 23.2 Å². The van der Waals surface area contributed by atoms with Crippen LogP contribution in [-0.4, -0.2) is 11.3 Å². The van der Waals surface area contributed by atoms with E-state index in [-0.39, 0.29) is 5.75 Å². The predicted octanol–water partition coefficient (Wildman–Crippen LogP) is 5.05. The van der Waals surface area contributed by atoms with Crippen LogP contribution in [0, 0.1) is 3.57 Å². The minimum Gasteiger partial charge on any atom is -0.506 e. The summed E-state index contributed by atoms with van der Waals surface area (Å²) in [6.07, 6.45) is 1.58. The summed E-state index contributed by atoms with van der Waals surface area (Å²) in [5.74, 6) is 0.178. The molecule has 0 atom stereocenters. The SMILES string of the molecule is Oc1c(I)cc(Cl)cc1C=Nc1ccc(Cl)cc1. The molecule has 18 heavy (non-hydrogen) atoms. The lowest BCUT2D eigenvalue weighted by Gasteiger charge is -2.02. The maximum atomic E-state index is 9.87. The molecule has 0 aliphatic rings. The molecule has 5 heteroatoms. The van der Waals surface area contributed by atoms with Crippen LogP contribution < -0.4 is 0 Å². The van der Waals surface area contributed by atoms with Crippen molar-refractivity contribution >= 4 is 57.7 Å². The van der Waals surface area contributed by atoms with E-state index < -0.39 is 0 Å². The third-order valence-electron chi connectivity index (χ3n) is 2.24. The molecule has 0 radical (unpaired) electrons. The van der Waals surface area contributed by atoms with E-state index in [1.807, 2.05) is 22.6 Å². The first-order valence-corrected chi connectivity index (χ1v) is 6.87. The minimum atomic E-state index is 0.178. The Bertz CT molecular complexity index is 597. The van der Waals surface area contributed by atoms with Crippen LogP contribution in [-0.2, 0) is 0 Å². The highest BCUT2D eigenvalue weighted by molar-refractivity contribution is 14.1. The van der Waals surface area contributed by atoms with Crippen molar-refractivity contribution in [3.8, 4) is 5.75 Å². The summed E-state index contributed by atoms with van der Waals surface area (Å²) in [5, 5.41) is 11.1. The standard InChI is InChI=1S/C13H8Cl2INO/c14-9-1-3-11(4-2-9)17-7-8-5-10(15)6-12(16)13(8)18/h1-7,18H. The van der Waals surface area contributed by atoms with E-state index in [1.165, 1.54) is 0 Å². The number of hydrogen-bond donors (Lipinski definition) is 1. The molecule has 2 aromatic carbocycles. The number of hydrogen-bond acceptors (Lipinski definition) is 2. The van der Waals surface area contributed by atoms with Gasteiger partial charge in [-0.05, 0) is 59.0 Å². The van der Waals surface area contributed by atoms with Crippen LogP contribution >= 0.6 is 45.8 Å². The average molecular weight is 392 g/mol. The van der Waals surface area contributed by atoms with Gasteiger partial charge >= 0.3 is 0 Å². The molecule has 0 bridgehead atoms. The molecule has 1 N–H and O–H groups in total. The second kappa shape index (κ2) is 5.91. The van der Waals surface area contributed by atoms with E-state index in [0.29, 0.717) is 19.2 Å². The first-order valence-electron chi connectivity index (χ1n) is 5.04. The molecule has 0 aromatic heterocycles. The second-order valence-corrected chi connectivity index (χ2v) is 5.60. The summed E-state index contributed by atoms with van der Waals surface area (Å²) >= 11 is 13.7. The number of benzene rings is 2. The summed E-state index contributed by atoms with van der Waals surface area (Å²) in [7, 11) is 0. The van der Waals surface area contributed by atoms with E-state index in [1.54, 1.807) is 42.6 Å². The number of phenols is 1. The molecule has 0 saturated carbocycles. The van der Waals surface area contributed by atoms with Crippen LogP contribution in [0.4, 0.5) is 5.69 Å². The van der Waals surface area contributed by atoms with Crippen LogP contribution in [0.25, 0.3) is 0 Å². The third-order valence-corrected chi connectivity index (χ3v) is 3.53. The van der Waals surface area contributed by atoms with Gasteiger partial charge in [-0.3, -0.25) is 4.99 Å². The Labute approximate surface area is 128 Å². The number of halogens is 3. The van der Waals surface area contributed by atoms with Crippen LogP contribution in [0.3, 0.4) is 0 Å². The van der Waals surface area contributed by atoms with Crippen LogP contribution in [0.1, 0.15) is 5.56 Å². The monoisotopic (exact) mass is 391 g/mol. The van der Waals surface area contributed by atoms with Crippen LogP contribution in [0.15, 0.2) is 41.4 Å². The first kappa shape index (κ1) is 13.6. The maximum absolute atomic E-state index is 9.87. The van der Waals surface area contributed by atoms with Gasteiger partial charge in [0.15, 0.2) is 0 Å². The zero-order chi connectivity index (χ0) is 13.1. The molecule has 0 aliphatic carbocycles. The molecular formula is C13H8Cl2INO. The Morgan fingerprint density at radius 3 is 2.39 bits per heavy atom. The zero-order valence-electron chi connectivity index (χ0n) is 9.07. The molecule has 0 spiro atoms. The fourth-order valence-electron chi connectivity index (χ4n) is 1.36. The molecule has 0 fully saturated rings. The molecule has 2 rings (SSSR count). The molecule has 2 aromatic rings. The Balaban J connectivity index is 2.31. The minimum absolute atomic E-state index is 0.178. The predicted molar refractivity (Wildman–Crippen MR) is 84.5 cm³/mol. The lowest BCUT2D eigenvalue weighted by Crippen LogP contribution is -1.85. The van der Waals surface area contributed by atoms with Gasteiger partial charge in [-0.2, -0.15) is 0 Å². The Morgan fingerprint density at radius 1 is 1.06 bits per heavy atom. The van der Waals surface area contributed by atoms with Gasteiger partial charge in [0.1, 0.15) is 5.75 Å². The van der Waals surface area contributed by atoms with Gasteiger partial charge in [0.25, 0.3) is 0 Å². The Kier molecular flexibility index (Phi) is 4.48. The second-order valence-electron chi connectivity index (χ2n) is 3.56. The van der Waals surface area contributed by atoms with Gasteiger partial charge < -0.3 is 5.11 Å². The normalized spacial score (nSPS) is 11.1. The summed E-state index contributed by atoms with van der Waals surface area (Å²) in [5.41, 5.74) is 1.34. The highest BCUT2D eigenvalue weighted by Gasteiger charge is 2.05. The van der Waals surface area contributed by atoms with Crippen molar-refractivity contribution in [2.24, 2.45) is 4.99 Å².